The molecule has 0 aromatic heterocycles. The minimum absolute atomic E-state index is 0.121. The van der Waals surface area contributed by atoms with Crippen LogP contribution < -0.4 is 5.32 Å². The van der Waals surface area contributed by atoms with Gasteiger partial charge in [0, 0.05) is 11.6 Å². The molecule has 1 fully saturated rings. The Morgan fingerprint density at radius 1 is 1.40 bits per heavy atom. The number of carboxylic acids is 1. The number of carbonyl (C=O) groups is 1. The fourth-order valence-electron chi connectivity index (χ4n) is 2.03. The van der Waals surface area contributed by atoms with Gasteiger partial charge in [-0.3, -0.25) is 4.79 Å². The van der Waals surface area contributed by atoms with Crippen LogP contribution in [0.1, 0.15) is 25.7 Å². The molecule has 1 aliphatic rings. The van der Waals surface area contributed by atoms with Crippen LogP contribution in [-0.2, 0) is 4.79 Å². The Morgan fingerprint density at radius 3 is 2.47 bits per heavy atom. The highest BCUT2D eigenvalue weighted by Crippen LogP contribution is 2.28. The highest BCUT2D eigenvalue weighted by atomic mass is 35.5. The minimum atomic E-state index is -0.643. The summed E-state index contributed by atoms with van der Waals surface area (Å²) in [7, 11) is 0. The molecule has 0 saturated heterocycles. The predicted molar refractivity (Wildman–Crippen MR) is 60.9 cm³/mol. The van der Waals surface area contributed by atoms with Crippen molar-refractivity contribution in [2.45, 2.75) is 25.7 Å². The van der Waals surface area contributed by atoms with Crippen molar-refractivity contribution in [3.05, 3.63) is 11.6 Å². The van der Waals surface area contributed by atoms with Gasteiger partial charge in [-0.05, 0) is 38.1 Å². The lowest BCUT2D eigenvalue weighted by molar-refractivity contribution is -0.143. The molecule has 0 amide bonds. The van der Waals surface area contributed by atoms with Crippen molar-refractivity contribution in [2.75, 3.05) is 13.1 Å². The van der Waals surface area contributed by atoms with Crippen LogP contribution in [0.5, 0.6) is 0 Å². The second-order valence-corrected chi connectivity index (χ2v) is 4.74. The van der Waals surface area contributed by atoms with E-state index in [4.69, 9.17) is 16.7 Å². The molecule has 15 heavy (non-hydrogen) atoms. The third-order valence-corrected chi connectivity index (χ3v) is 3.08. The molecule has 0 atom stereocenters. The van der Waals surface area contributed by atoms with Crippen LogP contribution in [0.15, 0.2) is 11.6 Å². The maximum atomic E-state index is 10.7. The predicted octanol–water partition coefficient (Wildman–Crippen LogP) is 2.22. The molecule has 86 valence electrons. The summed E-state index contributed by atoms with van der Waals surface area (Å²) in [5.41, 5.74) is 0. The zero-order valence-corrected chi connectivity index (χ0v) is 9.59. The highest BCUT2D eigenvalue weighted by Gasteiger charge is 2.25. The molecule has 0 radical (unpaired) electrons. The Bertz CT molecular complexity index is 232. The number of aliphatic carboxylic acids is 1. The van der Waals surface area contributed by atoms with E-state index in [0.717, 1.165) is 32.2 Å². The Balaban J connectivity index is 2.14. The van der Waals surface area contributed by atoms with E-state index in [1.54, 1.807) is 0 Å². The third kappa shape index (κ3) is 4.67. The normalized spacial score (nSPS) is 26.2. The van der Waals surface area contributed by atoms with Crippen molar-refractivity contribution in [3.63, 3.8) is 0 Å². The molecule has 1 aliphatic carbocycles. The summed E-state index contributed by atoms with van der Waals surface area (Å²) < 4.78 is 0. The lowest BCUT2D eigenvalue weighted by atomic mass is 9.82. The third-order valence-electron chi connectivity index (χ3n) is 2.95. The molecule has 2 N–H and O–H groups in total. The minimum Gasteiger partial charge on any atom is -0.481 e. The first-order chi connectivity index (χ1) is 7.09. The fourth-order valence-corrected chi connectivity index (χ4v) is 2.12. The summed E-state index contributed by atoms with van der Waals surface area (Å²) in [5.74, 6) is -0.170. The molecule has 1 saturated carbocycles. The number of carboxylic acid groups (broad SMARTS) is 1. The molecule has 0 aromatic rings. The van der Waals surface area contributed by atoms with Gasteiger partial charge >= 0.3 is 5.97 Å². The van der Waals surface area contributed by atoms with Gasteiger partial charge in [0.15, 0.2) is 0 Å². The molecule has 4 heteroatoms. The maximum Gasteiger partial charge on any atom is 0.306 e. The zero-order valence-electron chi connectivity index (χ0n) is 8.84. The second kappa shape index (κ2) is 6.13. The van der Waals surface area contributed by atoms with Crippen molar-refractivity contribution >= 4 is 17.6 Å². The number of halogens is 1. The maximum absolute atomic E-state index is 10.7. The van der Waals surface area contributed by atoms with Crippen molar-refractivity contribution in [2.24, 2.45) is 11.8 Å². The number of nitrogens with one attached hydrogen (secondary N) is 1. The number of hydrogen-bond donors (Lipinski definition) is 2. The van der Waals surface area contributed by atoms with Gasteiger partial charge < -0.3 is 10.4 Å². The van der Waals surface area contributed by atoms with Crippen LogP contribution in [0.4, 0.5) is 0 Å². The van der Waals surface area contributed by atoms with Crippen molar-refractivity contribution in [1.82, 2.24) is 5.32 Å². The molecular formula is C11H18ClNO2. The topological polar surface area (TPSA) is 49.3 Å². The van der Waals surface area contributed by atoms with Crippen LogP contribution in [0.3, 0.4) is 0 Å². The lowest BCUT2D eigenvalue weighted by Crippen LogP contribution is -2.29. The van der Waals surface area contributed by atoms with Gasteiger partial charge in [-0.1, -0.05) is 18.2 Å². The van der Waals surface area contributed by atoms with Crippen LogP contribution in [0.25, 0.3) is 0 Å². The number of rotatable bonds is 5. The van der Waals surface area contributed by atoms with Gasteiger partial charge in [-0.15, -0.1) is 0 Å². The van der Waals surface area contributed by atoms with Gasteiger partial charge in [0.05, 0.1) is 5.92 Å². The molecule has 0 bridgehead atoms. The van der Waals surface area contributed by atoms with Crippen LogP contribution in [0, 0.1) is 11.8 Å². The van der Waals surface area contributed by atoms with Crippen LogP contribution in [0.2, 0.25) is 0 Å². The van der Waals surface area contributed by atoms with Crippen LogP contribution in [-0.4, -0.2) is 24.2 Å². The van der Waals surface area contributed by atoms with Gasteiger partial charge in [-0.2, -0.15) is 0 Å². The summed E-state index contributed by atoms with van der Waals surface area (Å²) in [6, 6.07) is 0. The average Bonchev–Trinajstić information content (AvgIpc) is 2.18. The zero-order chi connectivity index (χ0) is 11.3. The monoisotopic (exact) mass is 231 g/mol. The lowest BCUT2D eigenvalue weighted by Gasteiger charge is -2.26. The molecule has 0 aliphatic heterocycles. The SMILES string of the molecule is C=C(Cl)CNCC1CCC(C(=O)O)CC1. The molecule has 0 spiro atoms. The highest BCUT2D eigenvalue weighted by molar-refractivity contribution is 6.29. The molecule has 0 unspecified atom stereocenters. The molecule has 0 heterocycles. The first kappa shape index (κ1) is 12.5. The summed E-state index contributed by atoms with van der Waals surface area (Å²) in [6.07, 6.45) is 3.62. The quantitative estimate of drug-likeness (QED) is 0.763. The van der Waals surface area contributed by atoms with Gasteiger partial charge in [0.25, 0.3) is 0 Å². The Kier molecular flexibility index (Phi) is 5.12. The first-order valence-electron chi connectivity index (χ1n) is 5.36. The second-order valence-electron chi connectivity index (χ2n) is 4.20. The molecule has 3 nitrogen and oxygen atoms in total. The first-order valence-corrected chi connectivity index (χ1v) is 5.74. The van der Waals surface area contributed by atoms with Gasteiger partial charge in [0.1, 0.15) is 0 Å². The van der Waals surface area contributed by atoms with Crippen molar-refractivity contribution in [3.8, 4) is 0 Å². The summed E-state index contributed by atoms with van der Waals surface area (Å²) >= 11 is 5.63. The van der Waals surface area contributed by atoms with E-state index in [1.165, 1.54) is 0 Å². The summed E-state index contributed by atoms with van der Waals surface area (Å²) in [6.45, 7) is 5.15. The van der Waals surface area contributed by atoms with Crippen molar-refractivity contribution in [1.29, 1.82) is 0 Å². The van der Waals surface area contributed by atoms with E-state index in [1.807, 2.05) is 0 Å². The molecular weight excluding hydrogens is 214 g/mol. The Morgan fingerprint density at radius 2 is 2.00 bits per heavy atom. The van der Waals surface area contributed by atoms with Gasteiger partial charge in [-0.25, -0.2) is 0 Å². The van der Waals surface area contributed by atoms with E-state index in [-0.39, 0.29) is 5.92 Å². The van der Waals surface area contributed by atoms with Crippen LogP contribution >= 0.6 is 11.6 Å². The average molecular weight is 232 g/mol. The standard InChI is InChI=1S/C11H18ClNO2/c1-8(12)6-13-7-9-2-4-10(5-3-9)11(14)15/h9-10,13H,1-7H2,(H,14,15). The smallest absolute Gasteiger partial charge is 0.306 e. The Hall–Kier alpha value is -0.540. The van der Waals surface area contributed by atoms with E-state index < -0.39 is 5.97 Å². The van der Waals surface area contributed by atoms with Crippen molar-refractivity contribution < 1.29 is 9.90 Å². The van der Waals surface area contributed by atoms with E-state index in [2.05, 4.69) is 11.9 Å². The number of hydrogen-bond acceptors (Lipinski definition) is 2. The summed E-state index contributed by atoms with van der Waals surface area (Å²) in [5, 5.41) is 12.7. The largest absolute Gasteiger partial charge is 0.481 e. The van der Waals surface area contributed by atoms with E-state index in [0.29, 0.717) is 17.5 Å². The van der Waals surface area contributed by atoms with E-state index >= 15 is 0 Å². The molecule has 1 rings (SSSR count). The van der Waals surface area contributed by atoms with Gasteiger partial charge in [0.2, 0.25) is 0 Å². The fraction of sp³-hybridized carbons (Fsp3) is 0.727. The molecule has 0 aromatic carbocycles. The Labute approximate surface area is 95.5 Å². The summed E-state index contributed by atoms with van der Waals surface area (Å²) in [4.78, 5) is 10.7. The van der Waals surface area contributed by atoms with E-state index in [9.17, 15) is 4.79 Å².